The van der Waals surface area contributed by atoms with E-state index in [0.717, 1.165) is 65.8 Å². The number of piperidine rings is 3. The Morgan fingerprint density at radius 1 is 1.02 bits per heavy atom. The summed E-state index contributed by atoms with van der Waals surface area (Å²) in [5, 5.41) is 7.15. The number of hydrogen-bond acceptors (Lipinski definition) is 7. The average molecular weight is 653 g/mol. The highest BCUT2D eigenvalue weighted by Crippen LogP contribution is 2.45. The fourth-order valence-electron chi connectivity index (χ4n) is 7.44. The van der Waals surface area contributed by atoms with E-state index in [1.165, 1.54) is 6.07 Å². The van der Waals surface area contributed by atoms with Gasteiger partial charge in [-0.1, -0.05) is 36.4 Å². The maximum Gasteiger partial charge on any atom is 0.416 e. The first-order valence-corrected chi connectivity index (χ1v) is 16.0. The lowest BCUT2D eigenvalue weighted by Gasteiger charge is -2.52. The van der Waals surface area contributed by atoms with Crippen molar-refractivity contribution in [3.63, 3.8) is 0 Å². The molecule has 48 heavy (non-hydrogen) atoms. The number of rotatable bonds is 9. The van der Waals surface area contributed by atoms with Gasteiger partial charge in [-0.25, -0.2) is 4.98 Å². The molecule has 10 heteroatoms. The van der Waals surface area contributed by atoms with E-state index in [-0.39, 0.29) is 23.1 Å². The average Bonchev–Trinajstić information content (AvgIpc) is 3.10. The second kappa shape index (κ2) is 12.2. The summed E-state index contributed by atoms with van der Waals surface area (Å²) in [4.78, 5) is 33.7. The molecule has 4 unspecified atom stereocenters. The van der Waals surface area contributed by atoms with Crippen molar-refractivity contribution in [2.24, 2.45) is 11.8 Å². The molecule has 2 N–H and O–H groups in total. The van der Waals surface area contributed by atoms with Gasteiger partial charge in [0.25, 0.3) is 10.9 Å². The van der Waals surface area contributed by atoms with Gasteiger partial charge in [0.15, 0.2) is 0 Å². The number of nitrogens with one attached hydrogen (secondary N) is 2. The SMILES string of the molecule is C=CC1CN2CCC1CC2[C@@H](Nc1c(Nc2cc(C)cc(C(F)(F)F)c2)c(=O)c1=O)c1cc(-c2ccccc2)nc2ccc(OC)cc12. The molecule has 3 saturated heterocycles. The predicted octanol–water partition coefficient (Wildman–Crippen LogP) is 7.63. The van der Waals surface area contributed by atoms with E-state index in [2.05, 4.69) is 22.1 Å². The molecule has 0 amide bonds. The van der Waals surface area contributed by atoms with Gasteiger partial charge >= 0.3 is 6.18 Å². The summed E-state index contributed by atoms with van der Waals surface area (Å²) in [5.41, 5.74) is 1.38. The minimum absolute atomic E-state index is 0.0529. The zero-order valence-corrected chi connectivity index (χ0v) is 26.6. The zero-order chi connectivity index (χ0) is 33.7. The monoisotopic (exact) mass is 652 g/mol. The van der Waals surface area contributed by atoms with Crippen LogP contribution in [0.1, 0.15) is 35.6 Å². The summed E-state index contributed by atoms with van der Waals surface area (Å²) >= 11 is 0. The molecule has 2 bridgehead atoms. The molecule has 7 nitrogen and oxygen atoms in total. The lowest BCUT2D eigenvalue weighted by Crippen LogP contribution is -2.56. The summed E-state index contributed by atoms with van der Waals surface area (Å²) in [5.74, 6) is 1.39. The molecule has 4 heterocycles. The Morgan fingerprint density at radius 3 is 2.48 bits per heavy atom. The molecule has 8 rings (SSSR count). The molecule has 5 atom stereocenters. The number of alkyl halides is 3. The molecule has 0 radical (unpaired) electrons. The fourth-order valence-corrected chi connectivity index (χ4v) is 7.44. The molecule has 0 spiro atoms. The fraction of sp³-hybridized carbons (Fsp3) is 0.289. The van der Waals surface area contributed by atoms with Gasteiger partial charge in [-0.05, 0) is 91.7 Å². The Morgan fingerprint density at radius 2 is 1.79 bits per heavy atom. The number of anilines is 3. The Hall–Kier alpha value is -4.96. The van der Waals surface area contributed by atoms with Crippen LogP contribution in [0.5, 0.6) is 5.75 Å². The normalized spacial score (nSPS) is 21.3. The maximum absolute atomic E-state index is 13.6. The Labute approximate surface area is 275 Å². The topological polar surface area (TPSA) is 83.6 Å². The van der Waals surface area contributed by atoms with Crippen molar-refractivity contribution >= 4 is 28.0 Å². The third kappa shape index (κ3) is 5.74. The number of ether oxygens (including phenoxy) is 1. The van der Waals surface area contributed by atoms with Gasteiger partial charge in [0.05, 0.1) is 29.9 Å². The summed E-state index contributed by atoms with van der Waals surface area (Å²) in [7, 11) is 1.60. The smallest absolute Gasteiger partial charge is 0.416 e. The van der Waals surface area contributed by atoms with Crippen LogP contribution in [0.15, 0.2) is 95.0 Å². The molecule has 0 aliphatic carbocycles. The highest BCUT2D eigenvalue weighted by atomic mass is 19.4. The minimum Gasteiger partial charge on any atom is -0.497 e. The number of fused-ring (bicyclic) bond motifs is 4. The first kappa shape index (κ1) is 31.6. The molecule has 4 aromatic carbocycles. The molecule has 3 fully saturated rings. The lowest BCUT2D eigenvalue weighted by atomic mass is 9.72. The predicted molar refractivity (Wildman–Crippen MR) is 183 cm³/mol. The number of methoxy groups -OCH3 is 1. The van der Waals surface area contributed by atoms with E-state index in [9.17, 15) is 22.8 Å². The molecular weight excluding hydrogens is 617 g/mol. The summed E-state index contributed by atoms with van der Waals surface area (Å²) in [6.45, 7) is 7.31. The maximum atomic E-state index is 13.6. The van der Waals surface area contributed by atoms with Crippen molar-refractivity contribution in [3.8, 4) is 17.0 Å². The highest BCUT2D eigenvalue weighted by molar-refractivity contribution is 5.88. The van der Waals surface area contributed by atoms with E-state index >= 15 is 0 Å². The van der Waals surface area contributed by atoms with Gasteiger partial charge in [0, 0.05) is 29.2 Å². The summed E-state index contributed by atoms with van der Waals surface area (Å²) < 4.78 is 46.5. The van der Waals surface area contributed by atoms with Crippen molar-refractivity contribution < 1.29 is 17.9 Å². The van der Waals surface area contributed by atoms with Crippen molar-refractivity contribution in [2.45, 2.75) is 38.0 Å². The van der Waals surface area contributed by atoms with Gasteiger partial charge in [0.1, 0.15) is 17.1 Å². The van der Waals surface area contributed by atoms with E-state index < -0.39 is 28.6 Å². The van der Waals surface area contributed by atoms with Crippen LogP contribution < -0.4 is 26.2 Å². The Balaban J connectivity index is 1.37. The zero-order valence-electron chi connectivity index (χ0n) is 26.6. The standard InChI is InChI=1S/C38H35F3N4O3/c1-4-22-20-45-13-12-24(22)16-32(45)33(29-19-31(23-8-6-5-7-9-23)43-30-11-10-27(48-3)18-28(29)30)44-35-34(36(46)37(35)47)42-26-15-21(2)14-25(17-26)38(39,40)41/h4-11,14-15,17-19,22,24,32-33,42,44H,1,12-13,16,20H2,2-3H3/t22?,24?,32?,33-/m0/s1. The van der Waals surface area contributed by atoms with Crippen molar-refractivity contribution in [3.05, 3.63) is 123 Å². The molecule has 3 aliphatic heterocycles. The third-order valence-corrected chi connectivity index (χ3v) is 9.88. The first-order valence-electron chi connectivity index (χ1n) is 16.0. The van der Waals surface area contributed by atoms with Gasteiger partial charge in [0.2, 0.25) is 0 Å². The quantitative estimate of drug-likeness (QED) is 0.125. The summed E-state index contributed by atoms with van der Waals surface area (Å²) in [6.07, 6.45) is -0.693. The van der Waals surface area contributed by atoms with Gasteiger partial charge in [-0.2, -0.15) is 13.2 Å². The number of hydrogen-bond donors (Lipinski definition) is 2. The van der Waals surface area contributed by atoms with Gasteiger partial charge < -0.3 is 15.4 Å². The molecule has 1 aromatic heterocycles. The largest absolute Gasteiger partial charge is 0.497 e. The molecule has 0 saturated carbocycles. The minimum atomic E-state index is -4.57. The van der Waals surface area contributed by atoms with Crippen molar-refractivity contribution in [1.82, 2.24) is 9.88 Å². The molecule has 5 aromatic rings. The van der Waals surface area contributed by atoms with E-state index in [0.29, 0.717) is 23.1 Å². The highest BCUT2D eigenvalue weighted by Gasteiger charge is 2.44. The van der Waals surface area contributed by atoms with Crippen LogP contribution in [0.2, 0.25) is 0 Å². The number of halogens is 3. The van der Waals surface area contributed by atoms with E-state index in [1.54, 1.807) is 14.0 Å². The number of aryl methyl sites for hydroxylation is 1. The number of aromatic nitrogens is 1. The van der Waals surface area contributed by atoms with Gasteiger partial charge in [-0.15, -0.1) is 6.58 Å². The van der Waals surface area contributed by atoms with Crippen LogP contribution in [0, 0.1) is 18.8 Å². The van der Waals surface area contributed by atoms with Gasteiger partial charge in [-0.3, -0.25) is 14.5 Å². The van der Waals surface area contributed by atoms with Crippen LogP contribution in [-0.4, -0.2) is 36.1 Å². The van der Waals surface area contributed by atoms with Crippen LogP contribution in [0.4, 0.5) is 30.2 Å². The van der Waals surface area contributed by atoms with Crippen molar-refractivity contribution in [2.75, 3.05) is 30.8 Å². The van der Waals surface area contributed by atoms with Crippen LogP contribution in [0.3, 0.4) is 0 Å². The first-order chi connectivity index (χ1) is 23.0. The van der Waals surface area contributed by atoms with E-state index in [1.807, 2.05) is 60.7 Å². The van der Waals surface area contributed by atoms with Crippen molar-refractivity contribution in [1.29, 1.82) is 0 Å². The molecule has 3 aliphatic rings. The van der Waals surface area contributed by atoms with Crippen LogP contribution in [0.25, 0.3) is 22.2 Å². The molecule has 246 valence electrons. The lowest BCUT2D eigenvalue weighted by molar-refractivity contribution is -0.137. The van der Waals surface area contributed by atoms with Crippen LogP contribution >= 0.6 is 0 Å². The molecular formula is C38H35F3N4O3. The number of benzene rings is 3. The van der Waals surface area contributed by atoms with Crippen LogP contribution in [-0.2, 0) is 6.18 Å². The second-order valence-electron chi connectivity index (χ2n) is 12.8. The number of nitrogens with zero attached hydrogens (tertiary/aromatic N) is 2. The second-order valence-corrected chi connectivity index (χ2v) is 12.8. The Kier molecular flexibility index (Phi) is 8.07. The Bertz CT molecular complexity index is 2090. The third-order valence-electron chi connectivity index (χ3n) is 9.88. The van der Waals surface area contributed by atoms with E-state index in [4.69, 9.17) is 9.72 Å². The summed E-state index contributed by atoms with van der Waals surface area (Å²) in [6, 6.07) is 20.5. The number of pyridine rings is 1.